The smallest absolute Gasteiger partial charge is 0.251 e. The first-order valence-corrected chi connectivity index (χ1v) is 6.52. The van der Waals surface area contributed by atoms with Crippen LogP contribution in [0.4, 0.5) is 5.69 Å². The van der Waals surface area contributed by atoms with Crippen molar-refractivity contribution >= 4 is 17.8 Å². The van der Waals surface area contributed by atoms with Crippen molar-refractivity contribution in [3.63, 3.8) is 0 Å². The maximum absolute atomic E-state index is 5.64. The van der Waals surface area contributed by atoms with Gasteiger partial charge in [-0.2, -0.15) is 4.98 Å². The molecule has 2 N–H and O–H groups in total. The molecule has 5 nitrogen and oxygen atoms in total. The molecule has 1 aromatic carbocycles. The third-order valence-electron chi connectivity index (χ3n) is 3.02. The van der Waals surface area contributed by atoms with E-state index in [1.165, 1.54) is 0 Å². The minimum absolute atomic E-state index is 0.437. The summed E-state index contributed by atoms with van der Waals surface area (Å²) in [6.07, 6.45) is 5.37. The molecule has 0 fully saturated rings. The fourth-order valence-electron chi connectivity index (χ4n) is 1.89. The molecule has 0 radical (unpaired) electrons. The zero-order valence-electron chi connectivity index (χ0n) is 11.5. The number of nitrogen functional groups attached to an aromatic ring is 1. The molecule has 0 aliphatic rings. The van der Waals surface area contributed by atoms with Gasteiger partial charge in [0.25, 0.3) is 5.89 Å². The van der Waals surface area contributed by atoms with Gasteiger partial charge in [-0.3, -0.25) is 4.98 Å². The van der Waals surface area contributed by atoms with Crippen molar-refractivity contribution in [2.75, 3.05) is 5.73 Å². The Morgan fingerprint density at radius 1 is 1.10 bits per heavy atom. The third-order valence-corrected chi connectivity index (χ3v) is 3.02. The van der Waals surface area contributed by atoms with Crippen LogP contribution in [0.15, 0.2) is 47.1 Å². The first-order chi connectivity index (χ1) is 10.2. The zero-order valence-corrected chi connectivity index (χ0v) is 11.5. The molecule has 2 aromatic heterocycles. The molecule has 0 atom stereocenters. The largest absolute Gasteiger partial charge is 0.399 e. The van der Waals surface area contributed by atoms with Gasteiger partial charge in [0.15, 0.2) is 0 Å². The first kappa shape index (κ1) is 13.1. The van der Waals surface area contributed by atoms with Gasteiger partial charge in [0.1, 0.15) is 5.69 Å². The number of benzene rings is 1. The molecule has 0 spiro atoms. The second-order valence-electron chi connectivity index (χ2n) is 4.63. The second-order valence-corrected chi connectivity index (χ2v) is 4.63. The summed E-state index contributed by atoms with van der Waals surface area (Å²) in [7, 11) is 0. The van der Waals surface area contributed by atoms with E-state index >= 15 is 0 Å². The van der Waals surface area contributed by atoms with Crippen molar-refractivity contribution in [3.05, 3.63) is 59.6 Å². The summed E-state index contributed by atoms with van der Waals surface area (Å²) in [5.74, 6) is 0.928. The van der Waals surface area contributed by atoms with Crippen LogP contribution in [0, 0.1) is 6.92 Å². The van der Waals surface area contributed by atoms with E-state index in [4.69, 9.17) is 10.3 Å². The average Bonchev–Trinajstić information content (AvgIpc) is 2.96. The Kier molecular flexibility index (Phi) is 3.47. The summed E-state index contributed by atoms with van der Waals surface area (Å²) in [6, 6.07) is 11.4. The Labute approximate surface area is 122 Å². The number of anilines is 1. The number of pyridine rings is 1. The molecular weight excluding hydrogens is 264 g/mol. The van der Waals surface area contributed by atoms with Crippen molar-refractivity contribution < 1.29 is 4.52 Å². The zero-order chi connectivity index (χ0) is 14.7. The molecule has 104 valence electrons. The van der Waals surface area contributed by atoms with E-state index in [-0.39, 0.29) is 0 Å². The molecule has 0 aliphatic carbocycles. The van der Waals surface area contributed by atoms with Crippen LogP contribution in [0.5, 0.6) is 0 Å². The fraction of sp³-hybridized carbons (Fsp3) is 0.0625. The van der Waals surface area contributed by atoms with E-state index < -0.39 is 0 Å². The van der Waals surface area contributed by atoms with E-state index in [2.05, 4.69) is 15.1 Å². The van der Waals surface area contributed by atoms with Crippen molar-refractivity contribution in [2.24, 2.45) is 0 Å². The third kappa shape index (κ3) is 2.97. The number of nitrogens with two attached hydrogens (primary N) is 1. The van der Waals surface area contributed by atoms with Crippen LogP contribution < -0.4 is 5.73 Å². The van der Waals surface area contributed by atoms with Gasteiger partial charge < -0.3 is 10.3 Å². The summed E-state index contributed by atoms with van der Waals surface area (Å²) in [5.41, 5.74) is 9.13. The quantitative estimate of drug-likeness (QED) is 0.744. The number of rotatable bonds is 3. The summed E-state index contributed by atoms with van der Waals surface area (Å²) in [6.45, 7) is 1.96. The number of hydrogen-bond acceptors (Lipinski definition) is 5. The van der Waals surface area contributed by atoms with E-state index in [9.17, 15) is 0 Å². The normalized spacial score (nSPS) is 11.1. The number of aryl methyl sites for hydroxylation is 1. The maximum atomic E-state index is 5.64. The monoisotopic (exact) mass is 278 g/mol. The topological polar surface area (TPSA) is 77.8 Å². The van der Waals surface area contributed by atoms with Crippen LogP contribution in [-0.2, 0) is 0 Å². The average molecular weight is 278 g/mol. The molecule has 0 aliphatic heterocycles. The highest BCUT2D eigenvalue weighted by Gasteiger charge is 2.09. The van der Waals surface area contributed by atoms with Crippen molar-refractivity contribution in [1.82, 2.24) is 15.1 Å². The summed E-state index contributed by atoms with van der Waals surface area (Å²) >= 11 is 0. The van der Waals surface area contributed by atoms with E-state index in [0.717, 1.165) is 22.5 Å². The van der Waals surface area contributed by atoms with E-state index in [1.807, 2.05) is 49.4 Å². The van der Waals surface area contributed by atoms with Gasteiger partial charge in [-0.1, -0.05) is 23.4 Å². The summed E-state index contributed by atoms with van der Waals surface area (Å²) < 4.78 is 5.21. The van der Waals surface area contributed by atoms with Gasteiger partial charge in [-0.15, -0.1) is 0 Å². The number of hydrogen-bond donors (Lipinski definition) is 1. The van der Waals surface area contributed by atoms with Crippen LogP contribution in [0.1, 0.15) is 17.0 Å². The predicted octanol–water partition coefficient (Wildman–Crippen LogP) is 3.19. The molecular formula is C16H14N4O. The SMILES string of the molecule is Cc1cccnc1-c1noc(/C=C/c2ccc(N)cc2)n1. The second kappa shape index (κ2) is 5.58. The molecule has 0 bridgehead atoms. The van der Waals surface area contributed by atoms with Gasteiger partial charge in [0, 0.05) is 18.0 Å². The standard InChI is InChI=1S/C16H14N4O/c1-11-3-2-10-18-15(11)16-19-14(21-20-16)9-6-12-4-7-13(17)8-5-12/h2-10H,17H2,1H3/b9-6+. The molecule has 5 heteroatoms. The molecule has 2 heterocycles. The Morgan fingerprint density at radius 3 is 2.67 bits per heavy atom. The lowest BCUT2D eigenvalue weighted by Crippen LogP contribution is -1.88. The van der Waals surface area contributed by atoms with Gasteiger partial charge in [0.2, 0.25) is 5.82 Å². The molecule has 0 unspecified atom stereocenters. The highest BCUT2D eigenvalue weighted by atomic mass is 16.5. The number of nitrogens with zero attached hydrogens (tertiary/aromatic N) is 3. The Balaban J connectivity index is 1.82. The summed E-state index contributed by atoms with van der Waals surface area (Å²) in [4.78, 5) is 8.59. The lowest BCUT2D eigenvalue weighted by atomic mass is 10.2. The van der Waals surface area contributed by atoms with Crippen molar-refractivity contribution in [1.29, 1.82) is 0 Å². The van der Waals surface area contributed by atoms with E-state index in [1.54, 1.807) is 12.3 Å². The van der Waals surface area contributed by atoms with Crippen LogP contribution >= 0.6 is 0 Å². The van der Waals surface area contributed by atoms with Gasteiger partial charge in [-0.25, -0.2) is 0 Å². The lowest BCUT2D eigenvalue weighted by molar-refractivity contribution is 0.411. The van der Waals surface area contributed by atoms with Crippen molar-refractivity contribution in [3.8, 4) is 11.5 Å². The Morgan fingerprint density at radius 2 is 1.90 bits per heavy atom. The van der Waals surface area contributed by atoms with Gasteiger partial charge >= 0.3 is 0 Å². The van der Waals surface area contributed by atoms with Crippen molar-refractivity contribution in [2.45, 2.75) is 6.92 Å². The molecule has 0 amide bonds. The van der Waals surface area contributed by atoms with Gasteiger partial charge in [-0.05, 0) is 42.3 Å². The highest BCUT2D eigenvalue weighted by Crippen LogP contribution is 2.18. The lowest BCUT2D eigenvalue weighted by Gasteiger charge is -1.96. The molecule has 0 saturated heterocycles. The summed E-state index contributed by atoms with van der Waals surface area (Å²) in [5, 5.41) is 3.95. The Bertz CT molecular complexity index is 775. The van der Waals surface area contributed by atoms with Crippen LogP contribution in [0.25, 0.3) is 23.7 Å². The van der Waals surface area contributed by atoms with Crippen LogP contribution in [0.3, 0.4) is 0 Å². The molecule has 0 saturated carbocycles. The minimum atomic E-state index is 0.437. The predicted molar refractivity (Wildman–Crippen MR) is 82.0 cm³/mol. The maximum Gasteiger partial charge on any atom is 0.251 e. The Hall–Kier alpha value is -2.95. The fourth-order valence-corrected chi connectivity index (χ4v) is 1.89. The van der Waals surface area contributed by atoms with Crippen LogP contribution in [0.2, 0.25) is 0 Å². The molecule has 3 rings (SSSR count). The first-order valence-electron chi connectivity index (χ1n) is 6.52. The minimum Gasteiger partial charge on any atom is -0.399 e. The van der Waals surface area contributed by atoms with E-state index in [0.29, 0.717) is 11.7 Å². The van der Waals surface area contributed by atoms with Gasteiger partial charge in [0.05, 0.1) is 0 Å². The number of aromatic nitrogens is 3. The highest BCUT2D eigenvalue weighted by molar-refractivity contribution is 5.67. The van der Waals surface area contributed by atoms with Crippen LogP contribution in [-0.4, -0.2) is 15.1 Å². The molecule has 21 heavy (non-hydrogen) atoms. The molecule has 3 aromatic rings.